The maximum atomic E-state index is 4.59. The molecule has 0 unspecified atom stereocenters. The molecule has 0 saturated carbocycles. The SMILES string of the molecule is CCc1nc(Cc2nc(CC)[nH]c2C)c(C)[nH]1. The summed E-state index contributed by atoms with van der Waals surface area (Å²) < 4.78 is 0. The molecule has 0 fully saturated rings. The van der Waals surface area contributed by atoms with E-state index in [-0.39, 0.29) is 0 Å². The van der Waals surface area contributed by atoms with Gasteiger partial charge in [-0.3, -0.25) is 0 Å². The fraction of sp³-hybridized carbons (Fsp3) is 0.538. The second kappa shape index (κ2) is 4.73. The van der Waals surface area contributed by atoms with Crippen LogP contribution in [0, 0.1) is 13.8 Å². The normalized spacial score (nSPS) is 11.1. The Balaban J connectivity index is 2.24. The van der Waals surface area contributed by atoms with Crippen molar-refractivity contribution in [3.63, 3.8) is 0 Å². The molecule has 0 spiro atoms. The van der Waals surface area contributed by atoms with Gasteiger partial charge in [-0.1, -0.05) is 13.8 Å². The van der Waals surface area contributed by atoms with E-state index in [1.807, 2.05) is 0 Å². The average molecular weight is 232 g/mol. The van der Waals surface area contributed by atoms with Gasteiger partial charge in [0.05, 0.1) is 11.4 Å². The Morgan fingerprint density at radius 3 is 1.53 bits per heavy atom. The number of nitrogens with zero attached hydrogens (tertiary/aromatic N) is 2. The molecule has 92 valence electrons. The minimum atomic E-state index is 0.810. The fourth-order valence-corrected chi connectivity index (χ4v) is 1.96. The van der Waals surface area contributed by atoms with Crippen molar-refractivity contribution in [1.29, 1.82) is 0 Å². The van der Waals surface area contributed by atoms with E-state index in [0.29, 0.717) is 0 Å². The molecule has 0 aromatic carbocycles. The largest absolute Gasteiger partial charge is 0.346 e. The number of H-pyrrole nitrogens is 2. The lowest BCUT2D eigenvalue weighted by molar-refractivity contribution is 0.947. The Hall–Kier alpha value is -1.58. The number of aromatic nitrogens is 4. The number of imidazole rings is 2. The molecule has 0 aliphatic rings. The van der Waals surface area contributed by atoms with Gasteiger partial charge >= 0.3 is 0 Å². The van der Waals surface area contributed by atoms with Crippen molar-refractivity contribution in [2.45, 2.75) is 47.0 Å². The third-order valence-corrected chi connectivity index (χ3v) is 3.07. The molecule has 4 heteroatoms. The zero-order chi connectivity index (χ0) is 12.4. The van der Waals surface area contributed by atoms with Gasteiger partial charge in [0, 0.05) is 30.7 Å². The Morgan fingerprint density at radius 2 is 1.24 bits per heavy atom. The first-order chi connectivity index (χ1) is 8.13. The van der Waals surface area contributed by atoms with Crippen molar-refractivity contribution in [2.75, 3.05) is 0 Å². The highest BCUT2D eigenvalue weighted by molar-refractivity contribution is 5.23. The van der Waals surface area contributed by atoms with Gasteiger partial charge in [-0.05, 0) is 13.8 Å². The summed E-state index contributed by atoms with van der Waals surface area (Å²) in [4.78, 5) is 15.8. The molecule has 0 amide bonds. The smallest absolute Gasteiger partial charge is 0.106 e. The first-order valence-electron chi connectivity index (χ1n) is 6.22. The standard InChI is InChI=1S/C13H20N4/c1-5-12-14-8(3)10(16-12)7-11-9(4)15-13(6-2)17-11/h5-7H2,1-4H3,(H,14,16)(H,15,17). The van der Waals surface area contributed by atoms with E-state index in [9.17, 15) is 0 Å². The van der Waals surface area contributed by atoms with Crippen molar-refractivity contribution < 1.29 is 0 Å². The molecule has 2 aromatic rings. The topological polar surface area (TPSA) is 57.4 Å². The van der Waals surface area contributed by atoms with Crippen LogP contribution < -0.4 is 0 Å². The molecule has 4 nitrogen and oxygen atoms in total. The highest BCUT2D eigenvalue weighted by Gasteiger charge is 2.11. The maximum absolute atomic E-state index is 4.59. The summed E-state index contributed by atoms with van der Waals surface area (Å²) in [6.45, 7) is 8.36. The average Bonchev–Trinajstić information content (AvgIpc) is 2.84. The maximum Gasteiger partial charge on any atom is 0.106 e. The summed E-state index contributed by atoms with van der Waals surface area (Å²) in [5.74, 6) is 2.11. The Labute approximate surface area is 102 Å². The van der Waals surface area contributed by atoms with Crippen molar-refractivity contribution >= 4 is 0 Å². The van der Waals surface area contributed by atoms with Crippen LogP contribution in [0.15, 0.2) is 0 Å². The summed E-state index contributed by atoms with van der Waals surface area (Å²) in [6.07, 6.45) is 2.70. The van der Waals surface area contributed by atoms with Crippen LogP contribution in [0.1, 0.15) is 48.3 Å². The molecule has 2 N–H and O–H groups in total. The van der Waals surface area contributed by atoms with Crippen LogP contribution in [0.5, 0.6) is 0 Å². The van der Waals surface area contributed by atoms with Gasteiger partial charge < -0.3 is 9.97 Å². The molecule has 0 aliphatic heterocycles. The summed E-state index contributed by atoms with van der Waals surface area (Å²) in [5, 5.41) is 0. The lowest BCUT2D eigenvalue weighted by Gasteiger charge is -1.96. The van der Waals surface area contributed by atoms with E-state index in [0.717, 1.165) is 53.7 Å². The first-order valence-corrected chi connectivity index (χ1v) is 6.22. The highest BCUT2D eigenvalue weighted by Crippen LogP contribution is 2.14. The van der Waals surface area contributed by atoms with Gasteiger partial charge in [0.2, 0.25) is 0 Å². The van der Waals surface area contributed by atoms with Gasteiger partial charge in [0.1, 0.15) is 11.6 Å². The summed E-state index contributed by atoms with van der Waals surface area (Å²) in [5.41, 5.74) is 4.53. The van der Waals surface area contributed by atoms with Gasteiger partial charge in [0.15, 0.2) is 0 Å². The molecule has 0 saturated heterocycles. The van der Waals surface area contributed by atoms with E-state index in [1.54, 1.807) is 0 Å². The number of aryl methyl sites for hydroxylation is 4. The van der Waals surface area contributed by atoms with E-state index >= 15 is 0 Å². The summed E-state index contributed by atoms with van der Waals surface area (Å²) in [6, 6.07) is 0. The number of nitrogens with one attached hydrogen (secondary N) is 2. The molecule has 0 aliphatic carbocycles. The van der Waals surface area contributed by atoms with Crippen molar-refractivity contribution in [2.24, 2.45) is 0 Å². The van der Waals surface area contributed by atoms with Crippen LogP contribution >= 0.6 is 0 Å². The Bertz CT molecular complexity index is 461. The quantitative estimate of drug-likeness (QED) is 0.850. The Morgan fingerprint density at radius 1 is 0.824 bits per heavy atom. The summed E-state index contributed by atoms with van der Waals surface area (Å²) >= 11 is 0. The molecular formula is C13H20N4. The Kier molecular flexibility index (Phi) is 3.31. The highest BCUT2D eigenvalue weighted by atomic mass is 15.0. The van der Waals surface area contributed by atoms with Gasteiger partial charge in [0.25, 0.3) is 0 Å². The molecule has 2 rings (SSSR count). The van der Waals surface area contributed by atoms with Crippen LogP contribution in [-0.4, -0.2) is 19.9 Å². The van der Waals surface area contributed by atoms with Crippen LogP contribution in [0.25, 0.3) is 0 Å². The predicted octanol–water partition coefficient (Wildman–Crippen LogP) is 2.47. The first kappa shape index (κ1) is 11.9. The zero-order valence-corrected chi connectivity index (χ0v) is 11.0. The van der Waals surface area contributed by atoms with E-state index in [1.165, 1.54) is 0 Å². The number of hydrogen-bond donors (Lipinski definition) is 2. The van der Waals surface area contributed by atoms with Crippen LogP contribution in [0.4, 0.5) is 0 Å². The van der Waals surface area contributed by atoms with E-state index < -0.39 is 0 Å². The zero-order valence-electron chi connectivity index (χ0n) is 11.0. The molecular weight excluding hydrogens is 212 g/mol. The third kappa shape index (κ3) is 2.40. The number of hydrogen-bond acceptors (Lipinski definition) is 2. The summed E-state index contributed by atoms with van der Waals surface area (Å²) in [7, 11) is 0. The van der Waals surface area contributed by atoms with Crippen LogP contribution in [0.2, 0.25) is 0 Å². The van der Waals surface area contributed by atoms with Crippen molar-refractivity contribution in [3.8, 4) is 0 Å². The second-order valence-electron chi connectivity index (χ2n) is 4.39. The van der Waals surface area contributed by atoms with Crippen molar-refractivity contribution in [1.82, 2.24) is 19.9 Å². The molecule has 0 radical (unpaired) electrons. The third-order valence-electron chi connectivity index (χ3n) is 3.07. The molecule has 0 atom stereocenters. The predicted molar refractivity (Wildman–Crippen MR) is 68.2 cm³/mol. The van der Waals surface area contributed by atoms with Crippen molar-refractivity contribution in [3.05, 3.63) is 34.4 Å². The monoisotopic (exact) mass is 232 g/mol. The fourth-order valence-electron chi connectivity index (χ4n) is 1.96. The van der Waals surface area contributed by atoms with E-state index in [2.05, 4.69) is 47.6 Å². The molecule has 2 heterocycles. The van der Waals surface area contributed by atoms with E-state index in [4.69, 9.17) is 0 Å². The lowest BCUT2D eigenvalue weighted by Crippen LogP contribution is -1.94. The molecule has 2 aromatic heterocycles. The minimum absolute atomic E-state index is 0.810. The number of rotatable bonds is 4. The van der Waals surface area contributed by atoms with Crippen LogP contribution in [-0.2, 0) is 19.3 Å². The minimum Gasteiger partial charge on any atom is -0.346 e. The van der Waals surface area contributed by atoms with Gasteiger partial charge in [-0.2, -0.15) is 0 Å². The van der Waals surface area contributed by atoms with Gasteiger partial charge in [-0.25, -0.2) is 9.97 Å². The number of aromatic amines is 2. The molecule has 17 heavy (non-hydrogen) atoms. The molecule has 0 bridgehead atoms. The van der Waals surface area contributed by atoms with Gasteiger partial charge in [-0.15, -0.1) is 0 Å². The van der Waals surface area contributed by atoms with Crippen LogP contribution in [0.3, 0.4) is 0 Å². The second-order valence-corrected chi connectivity index (χ2v) is 4.39. The lowest BCUT2D eigenvalue weighted by atomic mass is 10.2.